The highest BCUT2D eigenvalue weighted by molar-refractivity contribution is 7.90. The number of hydrogen-bond donors (Lipinski definition) is 1. The molecule has 0 aliphatic heterocycles. The van der Waals surface area contributed by atoms with Gasteiger partial charge in [-0.3, -0.25) is 9.52 Å². The van der Waals surface area contributed by atoms with Crippen LogP contribution in [0.2, 0.25) is 0 Å². The van der Waals surface area contributed by atoms with E-state index in [9.17, 15) is 13.2 Å². The normalized spacial score (nSPS) is 25.7. The zero-order chi connectivity index (χ0) is 11.9. The summed E-state index contributed by atoms with van der Waals surface area (Å²) in [5.41, 5.74) is 0. The van der Waals surface area contributed by atoms with Crippen LogP contribution >= 0.6 is 23.2 Å². The van der Waals surface area contributed by atoms with E-state index in [1.165, 1.54) is 6.92 Å². The van der Waals surface area contributed by atoms with Crippen LogP contribution in [0.1, 0.15) is 26.7 Å². The van der Waals surface area contributed by atoms with Gasteiger partial charge in [0.1, 0.15) is 4.33 Å². The second-order valence-electron chi connectivity index (χ2n) is 3.75. The van der Waals surface area contributed by atoms with Gasteiger partial charge in [-0.1, -0.05) is 6.92 Å². The van der Waals surface area contributed by atoms with Crippen molar-refractivity contribution in [2.24, 2.45) is 5.92 Å². The first-order chi connectivity index (χ1) is 6.70. The molecule has 1 aliphatic carbocycles. The minimum absolute atomic E-state index is 0.304. The second kappa shape index (κ2) is 4.11. The average molecular weight is 274 g/mol. The highest BCUT2D eigenvalue weighted by atomic mass is 35.5. The standard InChI is InChI=1S/C8H13Cl2NO3S/c1-3-5(2)15(13,14)11-7(12)6-4-8(6,9)10/h5-6H,3-4H2,1-2H3,(H,11,12). The van der Waals surface area contributed by atoms with Gasteiger partial charge in [-0.2, -0.15) is 0 Å². The maximum atomic E-state index is 11.5. The Hall–Kier alpha value is -0.000000000000000111. The number of carbonyl (C=O) groups is 1. The molecule has 0 bridgehead atoms. The van der Waals surface area contributed by atoms with Gasteiger partial charge in [-0.05, 0) is 19.8 Å². The Morgan fingerprint density at radius 2 is 2.07 bits per heavy atom. The van der Waals surface area contributed by atoms with Gasteiger partial charge in [0.15, 0.2) is 0 Å². The highest BCUT2D eigenvalue weighted by Gasteiger charge is 2.57. The Balaban J connectivity index is 2.60. The number of halogens is 2. The molecule has 1 N–H and O–H groups in total. The van der Waals surface area contributed by atoms with Crippen LogP contribution in [0.15, 0.2) is 0 Å². The van der Waals surface area contributed by atoms with Crippen LogP contribution in [0.5, 0.6) is 0 Å². The summed E-state index contributed by atoms with van der Waals surface area (Å²) in [5, 5.41) is -0.597. The fourth-order valence-electron chi connectivity index (χ4n) is 1.03. The summed E-state index contributed by atoms with van der Waals surface area (Å²) in [5.74, 6) is -1.22. The fourth-order valence-corrected chi connectivity index (χ4v) is 2.60. The van der Waals surface area contributed by atoms with Crippen LogP contribution in [-0.2, 0) is 14.8 Å². The second-order valence-corrected chi connectivity index (χ2v) is 7.39. The van der Waals surface area contributed by atoms with Crippen molar-refractivity contribution in [3.8, 4) is 0 Å². The van der Waals surface area contributed by atoms with Crippen LogP contribution in [0.3, 0.4) is 0 Å². The zero-order valence-electron chi connectivity index (χ0n) is 8.46. The van der Waals surface area contributed by atoms with E-state index in [1.807, 2.05) is 4.72 Å². The number of rotatable bonds is 4. The maximum absolute atomic E-state index is 11.5. The lowest BCUT2D eigenvalue weighted by Crippen LogP contribution is -2.38. The Labute approximate surface area is 99.4 Å². The first-order valence-corrected chi connectivity index (χ1v) is 6.94. The Bertz CT molecular complexity index is 366. The number of carbonyl (C=O) groups excluding carboxylic acids is 1. The van der Waals surface area contributed by atoms with Crippen LogP contribution in [0.4, 0.5) is 0 Å². The molecular formula is C8H13Cl2NO3S. The molecule has 0 aromatic carbocycles. The fraction of sp³-hybridized carbons (Fsp3) is 0.875. The van der Waals surface area contributed by atoms with Gasteiger partial charge >= 0.3 is 0 Å². The molecule has 15 heavy (non-hydrogen) atoms. The third-order valence-corrected chi connectivity index (χ3v) is 5.20. The van der Waals surface area contributed by atoms with E-state index in [1.54, 1.807) is 6.92 Å². The number of amides is 1. The van der Waals surface area contributed by atoms with E-state index in [4.69, 9.17) is 23.2 Å². The maximum Gasteiger partial charge on any atom is 0.239 e. The lowest BCUT2D eigenvalue weighted by molar-refractivity contribution is -0.120. The van der Waals surface area contributed by atoms with Crippen molar-refractivity contribution in [1.29, 1.82) is 0 Å². The molecule has 4 nitrogen and oxygen atoms in total. The summed E-state index contributed by atoms with van der Waals surface area (Å²) in [7, 11) is -3.58. The molecule has 0 saturated heterocycles. The molecule has 1 amide bonds. The minimum Gasteiger partial charge on any atom is -0.274 e. The Morgan fingerprint density at radius 3 is 2.40 bits per heavy atom. The van der Waals surface area contributed by atoms with E-state index >= 15 is 0 Å². The molecular weight excluding hydrogens is 261 g/mol. The van der Waals surface area contributed by atoms with Crippen LogP contribution < -0.4 is 4.72 Å². The Kier molecular flexibility index (Phi) is 3.58. The van der Waals surface area contributed by atoms with Gasteiger partial charge in [0, 0.05) is 0 Å². The SMILES string of the molecule is CCC(C)S(=O)(=O)NC(=O)C1CC1(Cl)Cl. The molecule has 1 fully saturated rings. The summed E-state index contributed by atoms with van der Waals surface area (Å²) < 4.78 is 23.9. The topological polar surface area (TPSA) is 63.2 Å². The van der Waals surface area contributed by atoms with E-state index in [2.05, 4.69) is 0 Å². The molecule has 0 aromatic rings. The van der Waals surface area contributed by atoms with Gasteiger partial charge in [0.05, 0.1) is 11.2 Å². The van der Waals surface area contributed by atoms with E-state index < -0.39 is 31.4 Å². The monoisotopic (exact) mass is 273 g/mol. The van der Waals surface area contributed by atoms with E-state index in [0.29, 0.717) is 12.8 Å². The molecule has 0 radical (unpaired) electrons. The van der Waals surface area contributed by atoms with Crippen molar-refractivity contribution in [2.75, 3.05) is 0 Å². The molecule has 7 heteroatoms. The predicted molar refractivity (Wildman–Crippen MR) is 59.4 cm³/mol. The minimum atomic E-state index is -3.58. The van der Waals surface area contributed by atoms with E-state index in [0.717, 1.165) is 0 Å². The van der Waals surface area contributed by atoms with Gasteiger partial charge in [0.2, 0.25) is 15.9 Å². The van der Waals surface area contributed by atoms with Gasteiger partial charge in [-0.25, -0.2) is 8.42 Å². The average Bonchev–Trinajstić information content (AvgIpc) is 2.73. The zero-order valence-corrected chi connectivity index (χ0v) is 10.8. The first-order valence-electron chi connectivity index (χ1n) is 4.64. The van der Waals surface area contributed by atoms with Gasteiger partial charge < -0.3 is 0 Å². The third-order valence-electron chi connectivity index (χ3n) is 2.49. The quantitative estimate of drug-likeness (QED) is 0.789. The van der Waals surface area contributed by atoms with E-state index in [-0.39, 0.29) is 0 Å². The number of sulfonamides is 1. The molecule has 2 atom stereocenters. The van der Waals surface area contributed by atoms with Crippen molar-refractivity contribution in [3.05, 3.63) is 0 Å². The summed E-state index contributed by atoms with van der Waals surface area (Å²) in [6, 6.07) is 0. The molecule has 2 unspecified atom stereocenters. The van der Waals surface area contributed by atoms with Crippen LogP contribution in [0, 0.1) is 5.92 Å². The van der Waals surface area contributed by atoms with Crippen LogP contribution in [-0.4, -0.2) is 23.9 Å². The summed E-state index contributed by atoms with van der Waals surface area (Å²) >= 11 is 11.3. The lowest BCUT2D eigenvalue weighted by atomic mass is 10.4. The van der Waals surface area contributed by atoms with Crippen molar-refractivity contribution in [1.82, 2.24) is 4.72 Å². The highest BCUT2D eigenvalue weighted by Crippen LogP contribution is 2.53. The van der Waals surface area contributed by atoms with Crippen molar-refractivity contribution < 1.29 is 13.2 Å². The summed E-state index contributed by atoms with van der Waals surface area (Å²) in [4.78, 5) is 11.4. The summed E-state index contributed by atoms with van der Waals surface area (Å²) in [6.45, 7) is 3.27. The largest absolute Gasteiger partial charge is 0.274 e. The number of nitrogens with one attached hydrogen (secondary N) is 1. The molecule has 0 heterocycles. The Morgan fingerprint density at radius 1 is 1.60 bits per heavy atom. The molecule has 1 rings (SSSR count). The summed E-state index contributed by atoms with van der Waals surface area (Å²) in [6.07, 6.45) is 0.748. The number of hydrogen-bond acceptors (Lipinski definition) is 3. The number of alkyl halides is 2. The molecule has 0 aromatic heterocycles. The lowest BCUT2D eigenvalue weighted by Gasteiger charge is -2.11. The molecule has 0 spiro atoms. The predicted octanol–water partition coefficient (Wildman–Crippen LogP) is 1.42. The van der Waals surface area contributed by atoms with Crippen molar-refractivity contribution in [2.45, 2.75) is 36.3 Å². The van der Waals surface area contributed by atoms with Gasteiger partial charge in [0.25, 0.3) is 0 Å². The smallest absolute Gasteiger partial charge is 0.239 e. The van der Waals surface area contributed by atoms with Gasteiger partial charge in [-0.15, -0.1) is 23.2 Å². The van der Waals surface area contributed by atoms with Crippen molar-refractivity contribution in [3.63, 3.8) is 0 Å². The third kappa shape index (κ3) is 2.98. The van der Waals surface area contributed by atoms with Crippen LogP contribution in [0.25, 0.3) is 0 Å². The van der Waals surface area contributed by atoms with Crippen molar-refractivity contribution >= 4 is 39.1 Å². The first kappa shape index (κ1) is 13.1. The molecule has 1 saturated carbocycles. The molecule has 1 aliphatic rings. The molecule has 88 valence electrons.